The molecule has 0 saturated heterocycles. The molecule has 0 saturated carbocycles. The Kier molecular flexibility index (Phi) is 13.5. The monoisotopic (exact) mass is 629 g/mol. The van der Waals surface area contributed by atoms with Crippen LogP contribution in [0.4, 0.5) is 0 Å². The summed E-state index contributed by atoms with van der Waals surface area (Å²) in [6.07, 6.45) is 2.03. The molecule has 0 aliphatic carbocycles. The fourth-order valence-corrected chi connectivity index (χ4v) is 3.96. The maximum Gasteiger partial charge on any atom is 0.253 e. The van der Waals surface area contributed by atoms with E-state index in [0.717, 1.165) is 34.1 Å². The van der Waals surface area contributed by atoms with E-state index in [1.54, 1.807) is 6.92 Å². The molecule has 2 heterocycles. The molecule has 17 heteroatoms. The molecule has 0 aromatic heterocycles. The third-order valence-corrected chi connectivity index (χ3v) is 6.08. The van der Waals surface area contributed by atoms with Gasteiger partial charge in [-0.2, -0.15) is 0 Å². The van der Waals surface area contributed by atoms with E-state index in [0.29, 0.717) is 0 Å². The summed E-state index contributed by atoms with van der Waals surface area (Å²) >= 11 is 0. The minimum atomic E-state index is -1.08. The molecule has 5 N–H and O–H groups in total. The average Bonchev–Trinajstić information content (AvgIpc) is 3.44. The number of nitrogens with one attached hydrogen (secondary N) is 5. The number of nitrogens with zero attached hydrogens (tertiary/aromatic N) is 2. The van der Waals surface area contributed by atoms with E-state index in [2.05, 4.69) is 39.7 Å². The summed E-state index contributed by atoms with van der Waals surface area (Å²) < 4.78 is 5.24. The van der Waals surface area contributed by atoms with E-state index in [1.165, 1.54) is 6.92 Å². The van der Waals surface area contributed by atoms with Gasteiger partial charge in [0, 0.05) is 75.7 Å². The smallest absolute Gasteiger partial charge is 0.253 e. The molecule has 45 heavy (non-hydrogen) atoms. The second-order valence-electron chi connectivity index (χ2n) is 9.68. The lowest BCUT2D eigenvalue weighted by Crippen LogP contribution is -2.47. The summed E-state index contributed by atoms with van der Waals surface area (Å²) in [7, 11) is 0. The highest BCUT2D eigenvalue weighted by Crippen LogP contribution is 2.06. The van der Waals surface area contributed by atoms with Crippen LogP contribution in [-0.2, 0) is 47.9 Å². The van der Waals surface area contributed by atoms with Crippen molar-refractivity contribution in [2.45, 2.75) is 51.7 Å². The molecule has 2 aliphatic heterocycles. The van der Waals surface area contributed by atoms with E-state index in [4.69, 9.17) is 4.74 Å². The van der Waals surface area contributed by atoms with E-state index in [1.807, 2.05) is 0 Å². The molecule has 1 atom stereocenters. The van der Waals surface area contributed by atoms with Crippen molar-refractivity contribution in [1.29, 1.82) is 0 Å². The fourth-order valence-electron chi connectivity index (χ4n) is 3.96. The first-order chi connectivity index (χ1) is 21.2. The first-order valence-corrected chi connectivity index (χ1v) is 13.8. The lowest BCUT2D eigenvalue weighted by Gasteiger charge is -2.21. The second kappa shape index (κ2) is 17.0. The first kappa shape index (κ1) is 35.7. The molecule has 1 unspecified atom stereocenters. The van der Waals surface area contributed by atoms with Gasteiger partial charge in [-0.25, -0.2) is 0 Å². The Hall–Kier alpha value is -5.45. The highest BCUT2D eigenvalue weighted by Gasteiger charge is 2.26. The van der Waals surface area contributed by atoms with Crippen molar-refractivity contribution in [2.75, 3.05) is 19.7 Å². The van der Waals surface area contributed by atoms with Gasteiger partial charge in [0.1, 0.15) is 17.7 Å². The maximum absolute atomic E-state index is 12.7. The molecular formula is C28H35N7O10. The Labute approximate surface area is 258 Å². The molecular weight excluding hydrogens is 594 g/mol. The van der Waals surface area contributed by atoms with Gasteiger partial charge in [0.15, 0.2) is 0 Å². The van der Waals surface area contributed by atoms with E-state index >= 15 is 0 Å². The summed E-state index contributed by atoms with van der Waals surface area (Å²) in [6, 6.07) is -1.08. The molecule has 0 radical (unpaired) electrons. The van der Waals surface area contributed by atoms with Gasteiger partial charge in [-0.15, -0.1) is 0 Å². The molecule has 0 aromatic carbocycles. The van der Waals surface area contributed by atoms with Crippen molar-refractivity contribution in [2.24, 2.45) is 0 Å². The summed E-state index contributed by atoms with van der Waals surface area (Å²) in [6.45, 7) is 10.1. The van der Waals surface area contributed by atoms with Crippen molar-refractivity contribution in [3.63, 3.8) is 0 Å². The third-order valence-electron chi connectivity index (χ3n) is 6.08. The number of rotatable bonds is 18. The van der Waals surface area contributed by atoms with Crippen LogP contribution in [0.15, 0.2) is 49.1 Å². The zero-order valence-electron chi connectivity index (χ0n) is 24.8. The molecule has 2 aliphatic rings. The first-order valence-electron chi connectivity index (χ1n) is 13.8. The van der Waals surface area contributed by atoms with Crippen molar-refractivity contribution in [1.82, 2.24) is 36.4 Å². The standard InChI is InChI=1S/C28H35N7O10/c1-5-45-16(2)28(44)33-19(14-22(38)31-17(3)29-20(36)10-12-34-24(40)6-7-25(34)41)15-23(39)32-18(4)30-21(37)11-13-35-26(42)8-9-27(35)43/h6-9,16,19H,3-5,10-15H2,1-2H3,(H,29,36)(H,30,37)(H,31,38)(H,32,39)(H,33,44). The Morgan fingerprint density at radius 1 is 0.689 bits per heavy atom. The number of imide groups is 2. The van der Waals surface area contributed by atoms with E-state index < -0.39 is 78.2 Å². The summed E-state index contributed by atoms with van der Waals surface area (Å²) in [5.41, 5.74) is 0. The Bertz CT molecular complexity index is 1230. The highest BCUT2D eigenvalue weighted by atomic mass is 16.5. The molecule has 9 amide bonds. The van der Waals surface area contributed by atoms with Crippen molar-refractivity contribution in [3.8, 4) is 0 Å². The van der Waals surface area contributed by atoms with Crippen LogP contribution >= 0.6 is 0 Å². The van der Waals surface area contributed by atoms with Gasteiger partial charge in [0.2, 0.25) is 29.5 Å². The fraction of sp³-hybridized carbons (Fsp3) is 0.393. The van der Waals surface area contributed by atoms with Crippen molar-refractivity contribution < 1.29 is 47.9 Å². The number of amides is 9. The van der Waals surface area contributed by atoms with E-state index in [9.17, 15) is 43.2 Å². The number of carbonyl (C=O) groups is 9. The zero-order valence-corrected chi connectivity index (χ0v) is 24.8. The van der Waals surface area contributed by atoms with Gasteiger partial charge in [0.05, 0.1) is 0 Å². The number of hydrogen-bond acceptors (Lipinski definition) is 10. The summed E-state index contributed by atoms with van der Waals surface area (Å²) in [5.74, 6) is -5.99. The van der Waals surface area contributed by atoms with Gasteiger partial charge in [-0.1, -0.05) is 13.2 Å². The Morgan fingerprint density at radius 2 is 1.04 bits per heavy atom. The molecule has 0 bridgehead atoms. The highest BCUT2D eigenvalue weighted by molar-refractivity contribution is 6.13. The number of hydrogen-bond donors (Lipinski definition) is 5. The Balaban J connectivity index is 1.87. The van der Waals surface area contributed by atoms with Gasteiger partial charge in [-0.05, 0) is 13.8 Å². The molecule has 242 valence electrons. The molecule has 2 rings (SSSR count). The van der Waals surface area contributed by atoms with Gasteiger partial charge >= 0.3 is 0 Å². The van der Waals surface area contributed by atoms with Crippen molar-refractivity contribution >= 4 is 53.2 Å². The summed E-state index contributed by atoms with van der Waals surface area (Å²) in [5, 5.41) is 11.8. The van der Waals surface area contributed by atoms with Gasteiger partial charge in [-0.3, -0.25) is 53.0 Å². The van der Waals surface area contributed by atoms with Crippen LogP contribution < -0.4 is 26.6 Å². The summed E-state index contributed by atoms with van der Waals surface area (Å²) in [4.78, 5) is 110. The topological polar surface area (TPSA) is 229 Å². The van der Waals surface area contributed by atoms with Crippen LogP contribution in [0.1, 0.15) is 39.5 Å². The molecule has 0 aromatic rings. The minimum Gasteiger partial charge on any atom is -0.369 e. The zero-order chi connectivity index (χ0) is 33.7. The van der Waals surface area contributed by atoms with Crippen molar-refractivity contribution in [3.05, 3.63) is 49.1 Å². The number of ether oxygens (including phenoxy) is 1. The quantitative estimate of drug-likeness (QED) is 0.102. The van der Waals surface area contributed by atoms with Crippen LogP contribution in [0.5, 0.6) is 0 Å². The van der Waals surface area contributed by atoms with Crippen LogP contribution in [-0.4, -0.2) is 94.8 Å². The maximum atomic E-state index is 12.7. The average molecular weight is 630 g/mol. The number of carbonyl (C=O) groups excluding carboxylic acids is 9. The van der Waals surface area contributed by atoms with Crippen LogP contribution in [0, 0.1) is 0 Å². The van der Waals surface area contributed by atoms with Crippen LogP contribution in [0.25, 0.3) is 0 Å². The third kappa shape index (κ3) is 12.0. The molecule has 17 nitrogen and oxygen atoms in total. The lowest BCUT2D eigenvalue weighted by atomic mass is 10.1. The van der Waals surface area contributed by atoms with Gasteiger partial charge < -0.3 is 31.3 Å². The predicted octanol–water partition coefficient (Wildman–Crippen LogP) is -2.29. The second-order valence-corrected chi connectivity index (χ2v) is 9.68. The molecule has 0 fully saturated rings. The minimum absolute atomic E-state index is 0.181. The normalized spacial score (nSPS) is 14.5. The van der Waals surface area contributed by atoms with Crippen LogP contribution in [0.3, 0.4) is 0 Å². The largest absolute Gasteiger partial charge is 0.369 e. The lowest BCUT2D eigenvalue weighted by molar-refractivity contribution is -0.139. The van der Waals surface area contributed by atoms with E-state index in [-0.39, 0.29) is 44.2 Å². The molecule has 0 spiro atoms. The van der Waals surface area contributed by atoms with Gasteiger partial charge in [0.25, 0.3) is 23.6 Å². The predicted molar refractivity (Wildman–Crippen MR) is 154 cm³/mol. The Morgan fingerprint density at radius 3 is 1.40 bits per heavy atom. The SMILES string of the molecule is C=C(NC(=O)CCN1C(=O)C=CC1=O)NC(=O)CC(CC(=O)NC(=C)NC(=O)CCN1C(=O)C=CC1=O)NC(=O)C(C)OCC. The van der Waals surface area contributed by atoms with Crippen LogP contribution in [0.2, 0.25) is 0 Å².